The standard InChI is InChI=1S/C24H36F6O3/c1-19(2,32)11-6-12-20(3,13-7-15-22(33,23(25,26)27)24(28,29)30)18-10-9-16-17(31)8-5-14-21(16,18)4/h7,15-16,18,32-33H,5-6,8-14H2,1-4H3/b15-7-. The van der Waals surface area contributed by atoms with Gasteiger partial charge in [-0.3, -0.25) is 4.79 Å². The Labute approximate surface area is 191 Å². The third kappa shape index (κ3) is 5.77. The molecule has 0 aromatic rings. The van der Waals surface area contributed by atoms with Crippen LogP contribution in [0.2, 0.25) is 0 Å². The van der Waals surface area contributed by atoms with E-state index in [1.165, 1.54) is 0 Å². The number of halogens is 6. The van der Waals surface area contributed by atoms with Crippen LogP contribution in [0.5, 0.6) is 0 Å². The SMILES string of the molecule is CC(C)(O)CCCC(C)(C/C=C\C(O)(C(F)(F)F)C(F)(F)F)C1CCC2C(=O)CCCC21C. The average Bonchev–Trinajstić information content (AvgIpc) is 2.97. The van der Waals surface area contributed by atoms with Gasteiger partial charge in [-0.25, -0.2) is 0 Å². The lowest BCUT2D eigenvalue weighted by Crippen LogP contribution is -2.55. The van der Waals surface area contributed by atoms with Gasteiger partial charge in [0.25, 0.3) is 5.60 Å². The summed E-state index contributed by atoms with van der Waals surface area (Å²) < 4.78 is 78.6. The highest BCUT2D eigenvalue weighted by Crippen LogP contribution is 2.61. The predicted octanol–water partition coefficient (Wildman–Crippen LogP) is 6.52. The van der Waals surface area contributed by atoms with Crippen LogP contribution in [-0.2, 0) is 4.79 Å². The van der Waals surface area contributed by atoms with Gasteiger partial charge in [0, 0.05) is 12.3 Å². The molecular formula is C24H36F6O3. The third-order valence-corrected chi connectivity index (χ3v) is 8.05. The van der Waals surface area contributed by atoms with E-state index in [2.05, 4.69) is 0 Å². The van der Waals surface area contributed by atoms with E-state index in [1.807, 2.05) is 13.8 Å². The molecule has 0 bridgehead atoms. The summed E-state index contributed by atoms with van der Waals surface area (Å²) >= 11 is 0. The van der Waals surface area contributed by atoms with Crippen molar-refractivity contribution in [2.24, 2.45) is 22.7 Å². The summed E-state index contributed by atoms with van der Waals surface area (Å²) in [5, 5.41) is 19.6. The first kappa shape index (κ1) is 28.1. The summed E-state index contributed by atoms with van der Waals surface area (Å²) in [5.41, 5.74) is -6.93. The van der Waals surface area contributed by atoms with E-state index in [0.29, 0.717) is 38.5 Å². The van der Waals surface area contributed by atoms with Crippen LogP contribution in [0.25, 0.3) is 0 Å². The highest BCUT2D eigenvalue weighted by atomic mass is 19.4. The normalized spacial score (nSPS) is 29.4. The number of hydrogen-bond donors (Lipinski definition) is 2. The van der Waals surface area contributed by atoms with Crippen LogP contribution in [0.15, 0.2) is 12.2 Å². The number of allylic oxidation sites excluding steroid dienone is 1. The molecule has 3 nitrogen and oxygen atoms in total. The van der Waals surface area contributed by atoms with Gasteiger partial charge < -0.3 is 10.2 Å². The fourth-order valence-electron chi connectivity index (χ4n) is 6.27. The van der Waals surface area contributed by atoms with Gasteiger partial charge in [0.05, 0.1) is 5.60 Å². The van der Waals surface area contributed by atoms with E-state index in [0.717, 1.165) is 18.9 Å². The quantitative estimate of drug-likeness (QED) is 0.303. The summed E-state index contributed by atoms with van der Waals surface area (Å²) in [7, 11) is 0. The minimum atomic E-state index is -5.90. The van der Waals surface area contributed by atoms with E-state index in [1.54, 1.807) is 13.8 Å². The first-order valence-electron chi connectivity index (χ1n) is 11.6. The molecule has 9 heteroatoms. The summed E-state index contributed by atoms with van der Waals surface area (Å²) in [6, 6.07) is 0. The summed E-state index contributed by atoms with van der Waals surface area (Å²) in [6.45, 7) is 7.15. The van der Waals surface area contributed by atoms with Gasteiger partial charge in [0.2, 0.25) is 0 Å². The molecule has 4 unspecified atom stereocenters. The van der Waals surface area contributed by atoms with Crippen molar-refractivity contribution in [2.45, 2.75) is 109 Å². The largest absolute Gasteiger partial charge is 0.429 e. The Hall–Kier alpha value is -1.09. The van der Waals surface area contributed by atoms with Gasteiger partial charge in [0.15, 0.2) is 0 Å². The van der Waals surface area contributed by atoms with Crippen LogP contribution in [0.4, 0.5) is 26.3 Å². The fourth-order valence-corrected chi connectivity index (χ4v) is 6.27. The molecular weight excluding hydrogens is 450 g/mol. The average molecular weight is 487 g/mol. The Kier molecular flexibility index (Phi) is 7.82. The maximum atomic E-state index is 13.1. The molecule has 2 saturated carbocycles. The van der Waals surface area contributed by atoms with Gasteiger partial charge in [-0.15, -0.1) is 0 Å². The maximum Gasteiger partial charge on any atom is 0.429 e. The molecule has 33 heavy (non-hydrogen) atoms. The molecule has 0 saturated heterocycles. The molecule has 2 N–H and O–H groups in total. The Morgan fingerprint density at radius 3 is 2.09 bits per heavy atom. The molecule has 0 aromatic heterocycles. The molecule has 2 aliphatic rings. The second-order valence-corrected chi connectivity index (χ2v) is 11.2. The monoisotopic (exact) mass is 486 g/mol. The first-order chi connectivity index (χ1) is 14.8. The van der Waals surface area contributed by atoms with E-state index in [4.69, 9.17) is 0 Å². The lowest BCUT2D eigenvalue weighted by atomic mass is 9.56. The second kappa shape index (κ2) is 9.17. The number of carbonyl (C=O) groups is 1. The molecule has 0 aromatic carbocycles. The Bertz CT molecular complexity index is 722. The zero-order valence-electron chi connectivity index (χ0n) is 19.7. The first-order valence-corrected chi connectivity index (χ1v) is 11.6. The number of carbonyl (C=O) groups excluding carboxylic acids is 1. The number of rotatable bonds is 8. The van der Waals surface area contributed by atoms with Crippen molar-refractivity contribution in [1.29, 1.82) is 0 Å². The van der Waals surface area contributed by atoms with Crippen molar-refractivity contribution >= 4 is 5.78 Å². The molecule has 0 aliphatic heterocycles. The van der Waals surface area contributed by atoms with E-state index < -0.39 is 29.0 Å². The number of ketones is 1. The third-order valence-electron chi connectivity index (χ3n) is 8.05. The van der Waals surface area contributed by atoms with Crippen LogP contribution in [-0.4, -0.2) is 39.6 Å². The van der Waals surface area contributed by atoms with Crippen LogP contribution in [0.1, 0.15) is 85.5 Å². The molecule has 2 rings (SSSR count). The van der Waals surface area contributed by atoms with Crippen LogP contribution >= 0.6 is 0 Å². The predicted molar refractivity (Wildman–Crippen MR) is 112 cm³/mol. The summed E-state index contributed by atoms with van der Waals surface area (Å²) in [6.07, 6.45) is -6.52. The zero-order valence-corrected chi connectivity index (χ0v) is 19.7. The van der Waals surface area contributed by atoms with Crippen molar-refractivity contribution < 1.29 is 41.4 Å². The molecule has 2 aliphatic carbocycles. The number of hydrogen-bond acceptors (Lipinski definition) is 3. The van der Waals surface area contributed by atoms with Gasteiger partial charge in [0.1, 0.15) is 5.78 Å². The number of alkyl halides is 6. The number of aliphatic hydroxyl groups is 2. The zero-order chi connectivity index (χ0) is 25.5. The molecule has 2 fully saturated rings. The Balaban J connectivity index is 2.36. The van der Waals surface area contributed by atoms with Gasteiger partial charge in [-0.2, -0.15) is 26.3 Å². The van der Waals surface area contributed by atoms with Gasteiger partial charge in [-0.1, -0.05) is 26.3 Å². The number of fused-ring (bicyclic) bond motifs is 1. The second-order valence-electron chi connectivity index (χ2n) is 11.2. The fraction of sp³-hybridized carbons (Fsp3) is 0.875. The Morgan fingerprint density at radius 1 is 1.00 bits per heavy atom. The van der Waals surface area contributed by atoms with Gasteiger partial charge >= 0.3 is 12.4 Å². The van der Waals surface area contributed by atoms with Crippen LogP contribution < -0.4 is 0 Å². The lowest BCUT2D eigenvalue weighted by molar-refractivity contribution is -0.347. The number of Topliss-reactive ketones (excluding diaryl/α,β-unsaturated/α-hetero) is 1. The highest BCUT2D eigenvalue weighted by molar-refractivity contribution is 5.83. The molecule has 0 heterocycles. The smallest absolute Gasteiger partial charge is 0.390 e. The van der Waals surface area contributed by atoms with E-state index in [9.17, 15) is 41.4 Å². The molecule has 0 amide bonds. The van der Waals surface area contributed by atoms with Gasteiger partial charge in [-0.05, 0) is 81.6 Å². The van der Waals surface area contributed by atoms with Crippen molar-refractivity contribution in [1.82, 2.24) is 0 Å². The molecule has 0 radical (unpaired) electrons. The van der Waals surface area contributed by atoms with Crippen molar-refractivity contribution in [3.63, 3.8) is 0 Å². The molecule has 0 spiro atoms. The van der Waals surface area contributed by atoms with Crippen molar-refractivity contribution in [2.75, 3.05) is 0 Å². The minimum absolute atomic E-state index is 0.0735. The lowest BCUT2D eigenvalue weighted by Gasteiger charge is -2.48. The minimum Gasteiger partial charge on any atom is -0.390 e. The Morgan fingerprint density at radius 2 is 1.58 bits per heavy atom. The van der Waals surface area contributed by atoms with Crippen molar-refractivity contribution in [3.05, 3.63) is 12.2 Å². The molecule has 4 atom stereocenters. The maximum absolute atomic E-state index is 13.1. The summed E-state index contributed by atoms with van der Waals surface area (Å²) in [4.78, 5) is 12.5. The van der Waals surface area contributed by atoms with Crippen LogP contribution in [0.3, 0.4) is 0 Å². The van der Waals surface area contributed by atoms with E-state index >= 15 is 0 Å². The van der Waals surface area contributed by atoms with E-state index in [-0.39, 0.29) is 35.5 Å². The highest BCUT2D eigenvalue weighted by Gasteiger charge is 2.69. The molecule has 192 valence electrons. The van der Waals surface area contributed by atoms with Crippen molar-refractivity contribution in [3.8, 4) is 0 Å². The summed E-state index contributed by atoms with van der Waals surface area (Å²) in [5.74, 6) is -0.0316. The topological polar surface area (TPSA) is 57.5 Å². The van der Waals surface area contributed by atoms with Crippen LogP contribution in [0, 0.1) is 22.7 Å².